The van der Waals surface area contributed by atoms with Gasteiger partial charge in [-0.05, 0) is 73.7 Å². The van der Waals surface area contributed by atoms with Crippen molar-refractivity contribution >= 4 is 5.78 Å². The number of alkyl halides is 1. The summed E-state index contributed by atoms with van der Waals surface area (Å²) in [6, 6.07) is 0. The van der Waals surface area contributed by atoms with E-state index >= 15 is 0 Å². The van der Waals surface area contributed by atoms with Gasteiger partial charge in [-0.1, -0.05) is 19.9 Å². The third-order valence-electron chi connectivity index (χ3n) is 7.76. The normalized spacial score (nSPS) is 54.3. The minimum absolute atomic E-state index is 0.0688. The predicted molar refractivity (Wildman–Crippen MR) is 83.0 cm³/mol. The molecule has 0 bridgehead atoms. The minimum atomic E-state index is -1.25. The van der Waals surface area contributed by atoms with E-state index in [4.69, 9.17) is 0 Å². The van der Waals surface area contributed by atoms with Crippen LogP contribution in [-0.2, 0) is 4.79 Å². The van der Waals surface area contributed by atoms with Crippen molar-refractivity contribution < 1.29 is 14.3 Å². The van der Waals surface area contributed by atoms with Crippen LogP contribution in [-0.4, -0.2) is 23.2 Å². The lowest BCUT2D eigenvalue weighted by Gasteiger charge is -2.56. The van der Waals surface area contributed by atoms with E-state index in [9.17, 15) is 14.3 Å². The largest absolute Gasteiger partial charge is 0.389 e. The van der Waals surface area contributed by atoms with Crippen LogP contribution in [0, 0.1) is 28.6 Å². The van der Waals surface area contributed by atoms with Gasteiger partial charge in [0.2, 0.25) is 0 Å². The molecule has 1 N–H and O–H groups in total. The highest BCUT2D eigenvalue weighted by Gasteiger charge is 2.61. The molecule has 4 aliphatic rings. The number of aliphatic hydroxyl groups is 1. The molecular formula is C19H27FO2. The van der Waals surface area contributed by atoms with E-state index in [1.807, 2.05) is 6.92 Å². The maximum atomic E-state index is 14.1. The summed E-state index contributed by atoms with van der Waals surface area (Å²) in [7, 11) is 0. The van der Waals surface area contributed by atoms with Crippen molar-refractivity contribution in [1.29, 1.82) is 0 Å². The Balaban J connectivity index is 1.72. The highest BCUT2D eigenvalue weighted by atomic mass is 19.1. The van der Waals surface area contributed by atoms with Crippen molar-refractivity contribution in [3.63, 3.8) is 0 Å². The zero-order valence-corrected chi connectivity index (χ0v) is 13.6. The molecule has 0 aliphatic heterocycles. The Bertz CT molecular complexity index is 542. The molecule has 3 saturated carbocycles. The number of fused-ring (bicyclic) bond motifs is 5. The SMILES string of the molecule is C[C@]12CCCC(O)C1=CC[C@@H]1[C@@H]2CC[C@]2(C)C(=O)[C@H](F)C[C@@H]12. The first-order valence-electron chi connectivity index (χ1n) is 8.95. The van der Waals surface area contributed by atoms with E-state index in [1.165, 1.54) is 5.57 Å². The lowest BCUT2D eigenvalue weighted by Crippen LogP contribution is -2.51. The second-order valence-electron chi connectivity index (χ2n) is 8.62. The summed E-state index contributed by atoms with van der Waals surface area (Å²) in [4.78, 5) is 12.3. The molecule has 0 saturated heterocycles. The van der Waals surface area contributed by atoms with Gasteiger partial charge in [-0.3, -0.25) is 4.79 Å². The molecule has 0 aromatic heterocycles. The zero-order chi connectivity index (χ0) is 15.7. The Morgan fingerprint density at radius 1 is 1.18 bits per heavy atom. The molecule has 3 heteroatoms. The van der Waals surface area contributed by atoms with E-state index in [0.717, 1.165) is 38.5 Å². The Labute approximate surface area is 132 Å². The standard InChI is InChI=1S/C19H27FO2/c1-18-8-3-4-16(21)13(18)6-5-11-12(18)7-9-19(2)14(11)10-15(20)17(19)22/h6,11-12,14-16,21H,3-5,7-10H2,1-2H3/t11-,12+,14+,15-,16?,18-,19+/m1/s1. The van der Waals surface area contributed by atoms with E-state index in [0.29, 0.717) is 18.3 Å². The van der Waals surface area contributed by atoms with Crippen LogP contribution in [0.1, 0.15) is 58.8 Å². The molecule has 3 fully saturated rings. The molecule has 0 amide bonds. The number of hydrogen-bond acceptors (Lipinski definition) is 2. The second-order valence-corrected chi connectivity index (χ2v) is 8.62. The van der Waals surface area contributed by atoms with Gasteiger partial charge in [0.05, 0.1) is 6.10 Å². The first kappa shape index (κ1) is 14.9. The number of carbonyl (C=O) groups is 1. The minimum Gasteiger partial charge on any atom is -0.389 e. The van der Waals surface area contributed by atoms with E-state index in [-0.39, 0.29) is 23.2 Å². The number of rotatable bonds is 0. The molecule has 0 radical (unpaired) electrons. The van der Waals surface area contributed by atoms with Crippen molar-refractivity contribution in [3.8, 4) is 0 Å². The summed E-state index contributed by atoms with van der Waals surface area (Å²) in [6.45, 7) is 4.32. The van der Waals surface area contributed by atoms with Crippen LogP contribution in [0.4, 0.5) is 4.39 Å². The highest BCUT2D eigenvalue weighted by Crippen LogP contribution is 2.64. The quantitative estimate of drug-likeness (QED) is 0.691. The monoisotopic (exact) mass is 306 g/mol. The Morgan fingerprint density at radius 3 is 2.73 bits per heavy atom. The van der Waals surface area contributed by atoms with Crippen LogP contribution < -0.4 is 0 Å². The van der Waals surface area contributed by atoms with Crippen molar-refractivity contribution in [2.45, 2.75) is 71.1 Å². The molecule has 122 valence electrons. The molecule has 2 nitrogen and oxygen atoms in total. The summed E-state index contributed by atoms with van der Waals surface area (Å²) in [6.07, 6.45) is 6.99. The van der Waals surface area contributed by atoms with Gasteiger partial charge >= 0.3 is 0 Å². The van der Waals surface area contributed by atoms with E-state index in [1.54, 1.807) is 0 Å². The fourth-order valence-corrected chi connectivity index (χ4v) is 6.53. The molecule has 7 atom stereocenters. The number of aliphatic hydroxyl groups excluding tert-OH is 1. The molecule has 4 aliphatic carbocycles. The molecule has 4 rings (SSSR count). The first-order valence-corrected chi connectivity index (χ1v) is 8.95. The Kier molecular flexibility index (Phi) is 3.15. The van der Waals surface area contributed by atoms with Gasteiger partial charge in [0.15, 0.2) is 12.0 Å². The maximum Gasteiger partial charge on any atom is 0.173 e. The molecule has 22 heavy (non-hydrogen) atoms. The summed E-state index contributed by atoms with van der Waals surface area (Å²) >= 11 is 0. The number of hydrogen-bond donors (Lipinski definition) is 1. The third-order valence-corrected chi connectivity index (χ3v) is 7.76. The van der Waals surface area contributed by atoms with Crippen molar-refractivity contribution in [2.75, 3.05) is 0 Å². The molecular weight excluding hydrogens is 279 g/mol. The molecule has 0 spiro atoms. The summed E-state index contributed by atoms with van der Waals surface area (Å²) < 4.78 is 14.1. The predicted octanol–water partition coefficient (Wildman–Crippen LogP) is 3.83. The summed E-state index contributed by atoms with van der Waals surface area (Å²) in [5, 5.41) is 10.4. The smallest absolute Gasteiger partial charge is 0.173 e. The highest BCUT2D eigenvalue weighted by molar-refractivity contribution is 5.91. The third kappa shape index (κ3) is 1.72. The zero-order valence-electron chi connectivity index (χ0n) is 13.6. The van der Waals surface area contributed by atoms with Crippen LogP contribution in [0.2, 0.25) is 0 Å². The van der Waals surface area contributed by atoms with Gasteiger partial charge in [0.25, 0.3) is 0 Å². The van der Waals surface area contributed by atoms with Crippen LogP contribution in [0.15, 0.2) is 11.6 Å². The first-order chi connectivity index (χ1) is 10.4. The average Bonchev–Trinajstić information content (AvgIpc) is 2.71. The Morgan fingerprint density at radius 2 is 1.95 bits per heavy atom. The summed E-state index contributed by atoms with van der Waals surface area (Å²) in [5.74, 6) is 0.989. The van der Waals surface area contributed by atoms with E-state index < -0.39 is 11.6 Å². The van der Waals surface area contributed by atoms with Gasteiger partial charge in [-0.25, -0.2) is 4.39 Å². The van der Waals surface area contributed by atoms with Gasteiger partial charge < -0.3 is 5.11 Å². The average molecular weight is 306 g/mol. The van der Waals surface area contributed by atoms with Crippen LogP contribution in [0.3, 0.4) is 0 Å². The Hall–Kier alpha value is -0.700. The fraction of sp³-hybridized carbons (Fsp3) is 0.842. The second kappa shape index (κ2) is 4.66. The number of ketones is 1. The van der Waals surface area contributed by atoms with Crippen molar-refractivity contribution in [1.82, 2.24) is 0 Å². The molecule has 0 heterocycles. The number of halogens is 1. The maximum absolute atomic E-state index is 14.1. The molecule has 0 aromatic rings. The van der Waals surface area contributed by atoms with Gasteiger partial charge in [-0.15, -0.1) is 0 Å². The van der Waals surface area contributed by atoms with Crippen LogP contribution in [0.25, 0.3) is 0 Å². The van der Waals surface area contributed by atoms with Crippen molar-refractivity contribution in [2.24, 2.45) is 28.6 Å². The molecule has 1 unspecified atom stereocenters. The topological polar surface area (TPSA) is 37.3 Å². The van der Waals surface area contributed by atoms with Crippen LogP contribution in [0.5, 0.6) is 0 Å². The van der Waals surface area contributed by atoms with Gasteiger partial charge in [-0.2, -0.15) is 0 Å². The number of carbonyl (C=O) groups excluding carboxylic acids is 1. The van der Waals surface area contributed by atoms with Gasteiger partial charge in [0, 0.05) is 5.41 Å². The number of allylic oxidation sites excluding steroid dienone is 1. The molecule has 0 aromatic carbocycles. The summed E-state index contributed by atoms with van der Waals surface area (Å²) in [5.41, 5.74) is 0.874. The number of Topliss-reactive ketones (excluding diaryl/α,β-unsaturated/α-hetero) is 1. The van der Waals surface area contributed by atoms with Gasteiger partial charge in [0.1, 0.15) is 0 Å². The van der Waals surface area contributed by atoms with E-state index in [2.05, 4.69) is 13.0 Å². The van der Waals surface area contributed by atoms with Crippen molar-refractivity contribution in [3.05, 3.63) is 11.6 Å². The lowest BCUT2D eigenvalue weighted by molar-refractivity contribution is -0.134. The lowest BCUT2D eigenvalue weighted by atomic mass is 9.48. The fourth-order valence-electron chi connectivity index (χ4n) is 6.53. The van der Waals surface area contributed by atoms with Crippen LogP contribution >= 0.6 is 0 Å².